The smallest absolute Gasteiger partial charge is 0.240 e. The fourth-order valence-corrected chi connectivity index (χ4v) is 1.94. The number of piperazine rings is 1. The number of nitrogens with zero attached hydrogens (tertiary/aromatic N) is 2. The van der Waals surface area contributed by atoms with Crippen LogP contribution in [-0.2, 0) is 16.1 Å². The van der Waals surface area contributed by atoms with E-state index in [2.05, 4.69) is 22.5 Å². The normalized spacial score (nSPS) is 16.3. The van der Waals surface area contributed by atoms with Gasteiger partial charge in [-0.05, 0) is 18.1 Å². The van der Waals surface area contributed by atoms with Gasteiger partial charge in [0, 0.05) is 19.3 Å². The van der Waals surface area contributed by atoms with Gasteiger partial charge in [0.25, 0.3) is 0 Å². The Balaban J connectivity index is 1.91. The minimum Gasteiger partial charge on any atom is -0.370 e. The Morgan fingerprint density at radius 2 is 2.05 bits per heavy atom. The first kappa shape index (κ1) is 13.5. The summed E-state index contributed by atoms with van der Waals surface area (Å²) in [6, 6.07) is 3.87. The predicted molar refractivity (Wildman–Crippen MR) is 71.4 cm³/mol. The van der Waals surface area contributed by atoms with Crippen LogP contribution in [0, 0.1) is 0 Å². The van der Waals surface area contributed by atoms with Crippen LogP contribution in [0.3, 0.4) is 0 Å². The molecule has 1 aliphatic rings. The van der Waals surface area contributed by atoms with Gasteiger partial charge in [0.05, 0.1) is 13.1 Å². The van der Waals surface area contributed by atoms with Crippen LogP contribution in [0.5, 0.6) is 0 Å². The molecule has 0 aromatic carbocycles. The van der Waals surface area contributed by atoms with Crippen molar-refractivity contribution in [3.8, 4) is 0 Å². The van der Waals surface area contributed by atoms with Crippen LogP contribution < -0.4 is 10.6 Å². The quantitative estimate of drug-likeness (QED) is 0.750. The minimum atomic E-state index is -0.245. The molecule has 19 heavy (non-hydrogen) atoms. The molecule has 2 N–H and O–H groups in total. The number of hydrogen-bond donors (Lipinski definition) is 2. The van der Waals surface area contributed by atoms with Gasteiger partial charge in [0.2, 0.25) is 11.8 Å². The Kier molecular flexibility index (Phi) is 4.46. The van der Waals surface area contributed by atoms with E-state index in [9.17, 15) is 9.59 Å². The van der Waals surface area contributed by atoms with Crippen molar-refractivity contribution in [1.29, 1.82) is 0 Å². The predicted octanol–water partition coefficient (Wildman–Crippen LogP) is 0.362. The second-order valence-corrected chi connectivity index (χ2v) is 4.59. The van der Waals surface area contributed by atoms with Gasteiger partial charge in [0.1, 0.15) is 5.82 Å². The molecule has 0 radical (unpaired) electrons. The molecule has 0 saturated carbocycles. The number of nitrogens with one attached hydrogen (secondary N) is 2. The summed E-state index contributed by atoms with van der Waals surface area (Å²) in [4.78, 5) is 28.6. The molecule has 2 amide bonds. The summed E-state index contributed by atoms with van der Waals surface area (Å²) < 4.78 is 0. The van der Waals surface area contributed by atoms with Crippen LogP contribution in [0.15, 0.2) is 18.3 Å². The van der Waals surface area contributed by atoms with Gasteiger partial charge >= 0.3 is 0 Å². The highest BCUT2D eigenvalue weighted by atomic mass is 16.2. The molecule has 1 aromatic rings. The summed E-state index contributed by atoms with van der Waals surface area (Å²) in [7, 11) is 0. The Morgan fingerprint density at radius 1 is 1.32 bits per heavy atom. The number of amides is 2. The second-order valence-electron chi connectivity index (χ2n) is 4.59. The number of anilines is 1. The molecule has 6 heteroatoms. The molecule has 1 fully saturated rings. The van der Waals surface area contributed by atoms with E-state index in [1.165, 1.54) is 0 Å². The molecule has 0 aliphatic carbocycles. The van der Waals surface area contributed by atoms with Crippen LogP contribution in [-0.4, -0.2) is 41.3 Å². The number of carbonyl (C=O) groups excluding carboxylic acids is 2. The highest BCUT2D eigenvalue weighted by Crippen LogP contribution is 2.09. The van der Waals surface area contributed by atoms with Crippen LogP contribution in [0.1, 0.15) is 18.9 Å². The Bertz CT molecular complexity index is 442. The van der Waals surface area contributed by atoms with E-state index in [-0.39, 0.29) is 24.9 Å². The van der Waals surface area contributed by atoms with E-state index >= 15 is 0 Å². The number of carbonyl (C=O) groups is 2. The standard InChI is InChI=1S/C13H18N4O2/c1-2-5-14-11-4-3-10(6-15-11)7-17-8-12(18)16-13(19)9-17/h3-4,6H,2,5,7-9H2,1H3,(H,14,15)(H,16,18,19). The first-order chi connectivity index (χ1) is 9.17. The Hall–Kier alpha value is -1.95. The van der Waals surface area contributed by atoms with Gasteiger partial charge in [-0.3, -0.25) is 19.8 Å². The molecule has 1 aliphatic heterocycles. The number of rotatable bonds is 5. The second kappa shape index (κ2) is 6.29. The zero-order chi connectivity index (χ0) is 13.7. The molecule has 2 rings (SSSR count). The van der Waals surface area contributed by atoms with Gasteiger partial charge in [-0.2, -0.15) is 0 Å². The lowest BCUT2D eigenvalue weighted by atomic mass is 10.2. The molecule has 102 valence electrons. The van der Waals surface area contributed by atoms with Gasteiger partial charge < -0.3 is 5.32 Å². The average molecular weight is 262 g/mol. The van der Waals surface area contributed by atoms with Crippen molar-refractivity contribution in [3.05, 3.63) is 23.9 Å². The molecule has 0 unspecified atom stereocenters. The molecule has 0 bridgehead atoms. The lowest BCUT2D eigenvalue weighted by Crippen LogP contribution is -2.50. The summed E-state index contributed by atoms with van der Waals surface area (Å²) >= 11 is 0. The van der Waals surface area contributed by atoms with Crippen molar-refractivity contribution < 1.29 is 9.59 Å². The van der Waals surface area contributed by atoms with Crippen LogP contribution in [0.4, 0.5) is 5.82 Å². The molecular formula is C13H18N4O2. The number of imide groups is 1. The molecule has 0 atom stereocenters. The number of aromatic nitrogens is 1. The highest BCUT2D eigenvalue weighted by Gasteiger charge is 2.22. The SMILES string of the molecule is CCCNc1ccc(CN2CC(=O)NC(=O)C2)cn1. The molecule has 2 heterocycles. The van der Waals surface area contributed by atoms with E-state index in [1.807, 2.05) is 12.1 Å². The third-order valence-electron chi connectivity index (χ3n) is 2.80. The maximum Gasteiger partial charge on any atom is 0.240 e. The number of pyridine rings is 1. The van der Waals surface area contributed by atoms with Gasteiger partial charge in [-0.25, -0.2) is 4.98 Å². The van der Waals surface area contributed by atoms with Gasteiger partial charge in [0.15, 0.2) is 0 Å². The first-order valence-electron chi connectivity index (χ1n) is 6.41. The molecular weight excluding hydrogens is 244 g/mol. The molecule has 1 aromatic heterocycles. The van der Waals surface area contributed by atoms with E-state index < -0.39 is 0 Å². The van der Waals surface area contributed by atoms with E-state index in [0.717, 1.165) is 24.3 Å². The summed E-state index contributed by atoms with van der Waals surface area (Å²) in [5.41, 5.74) is 0.990. The maximum absolute atomic E-state index is 11.2. The summed E-state index contributed by atoms with van der Waals surface area (Å²) in [6.45, 7) is 4.05. The van der Waals surface area contributed by atoms with Crippen molar-refractivity contribution in [3.63, 3.8) is 0 Å². The molecule has 0 spiro atoms. The van der Waals surface area contributed by atoms with E-state index in [1.54, 1.807) is 11.1 Å². The fraction of sp³-hybridized carbons (Fsp3) is 0.462. The lowest BCUT2D eigenvalue weighted by Gasteiger charge is -2.25. The zero-order valence-corrected chi connectivity index (χ0v) is 11.0. The van der Waals surface area contributed by atoms with Crippen molar-refractivity contribution in [2.75, 3.05) is 25.0 Å². The van der Waals surface area contributed by atoms with Crippen molar-refractivity contribution in [1.82, 2.24) is 15.2 Å². The fourth-order valence-electron chi connectivity index (χ4n) is 1.94. The third kappa shape index (κ3) is 4.03. The summed E-state index contributed by atoms with van der Waals surface area (Å²) in [6.07, 6.45) is 2.82. The minimum absolute atomic E-state index is 0.245. The van der Waals surface area contributed by atoms with E-state index in [0.29, 0.717) is 6.54 Å². The van der Waals surface area contributed by atoms with Crippen molar-refractivity contribution in [2.24, 2.45) is 0 Å². The Morgan fingerprint density at radius 3 is 2.63 bits per heavy atom. The van der Waals surface area contributed by atoms with Crippen molar-refractivity contribution in [2.45, 2.75) is 19.9 Å². The maximum atomic E-state index is 11.2. The summed E-state index contributed by atoms with van der Waals surface area (Å²) in [5.74, 6) is 0.356. The van der Waals surface area contributed by atoms with Gasteiger partial charge in [-0.1, -0.05) is 13.0 Å². The monoisotopic (exact) mass is 262 g/mol. The highest BCUT2D eigenvalue weighted by molar-refractivity contribution is 5.99. The summed E-state index contributed by atoms with van der Waals surface area (Å²) in [5, 5.41) is 5.48. The molecule has 1 saturated heterocycles. The zero-order valence-electron chi connectivity index (χ0n) is 11.0. The largest absolute Gasteiger partial charge is 0.370 e. The Labute approximate surface area is 112 Å². The first-order valence-corrected chi connectivity index (χ1v) is 6.41. The topological polar surface area (TPSA) is 74.3 Å². The van der Waals surface area contributed by atoms with E-state index in [4.69, 9.17) is 0 Å². The lowest BCUT2D eigenvalue weighted by molar-refractivity contribution is -0.136. The van der Waals surface area contributed by atoms with Crippen LogP contribution in [0.25, 0.3) is 0 Å². The molecule has 6 nitrogen and oxygen atoms in total. The van der Waals surface area contributed by atoms with Crippen LogP contribution >= 0.6 is 0 Å². The third-order valence-corrected chi connectivity index (χ3v) is 2.80. The average Bonchev–Trinajstić information content (AvgIpc) is 2.37. The van der Waals surface area contributed by atoms with Gasteiger partial charge in [-0.15, -0.1) is 0 Å². The van der Waals surface area contributed by atoms with Crippen LogP contribution in [0.2, 0.25) is 0 Å². The number of hydrogen-bond acceptors (Lipinski definition) is 5. The van der Waals surface area contributed by atoms with Crippen molar-refractivity contribution >= 4 is 17.6 Å².